The van der Waals surface area contributed by atoms with Crippen molar-refractivity contribution >= 4 is 17.5 Å². The largest absolute Gasteiger partial charge is 0.290 e. The Kier molecular flexibility index (Phi) is 1.94. The lowest BCUT2D eigenvalue weighted by Gasteiger charge is -1.91. The molecule has 0 bridgehead atoms. The molecule has 0 unspecified atom stereocenters. The molecule has 0 radical (unpaired) electrons. The van der Waals surface area contributed by atoms with Crippen molar-refractivity contribution in [1.82, 2.24) is 19.6 Å². The fourth-order valence-electron chi connectivity index (χ4n) is 0.959. The molecule has 0 aliphatic heterocycles. The Morgan fingerprint density at radius 2 is 2.50 bits per heavy atom. The zero-order valence-electron chi connectivity index (χ0n) is 7.21. The van der Waals surface area contributed by atoms with E-state index in [0.29, 0.717) is 5.65 Å². The van der Waals surface area contributed by atoms with Gasteiger partial charge in [-0.1, -0.05) is 6.58 Å². The molecule has 0 aliphatic rings. The molecule has 0 aromatic carbocycles. The van der Waals surface area contributed by atoms with E-state index in [0.717, 1.165) is 6.08 Å². The summed E-state index contributed by atoms with van der Waals surface area (Å²) in [4.78, 5) is 18.8. The average Bonchev–Trinajstić information content (AvgIpc) is 2.59. The molecule has 2 rings (SSSR count). The van der Waals surface area contributed by atoms with Crippen molar-refractivity contribution in [2.45, 2.75) is 0 Å². The highest BCUT2D eigenvalue weighted by molar-refractivity contribution is 5.97. The smallest absolute Gasteiger partial charge is 0.250 e. The molecule has 0 fully saturated rings. The second-order valence-electron chi connectivity index (χ2n) is 2.51. The zero-order valence-corrected chi connectivity index (χ0v) is 7.21. The normalized spacial score (nSPS) is 10.0. The molecule has 2 heterocycles. The number of rotatable bonds is 2. The third kappa shape index (κ3) is 1.45. The van der Waals surface area contributed by atoms with E-state index in [1.165, 1.54) is 4.52 Å². The Labute approximate surface area is 79.3 Å². The van der Waals surface area contributed by atoms with E-state index in [-0.39, 0.29) is 11.9 Å². The van der Waals surface area contributed by atoms with Gasteiger partial charge in [0.2, 0.25) is 11.9 Å². The Hall–Kier alpha value is -2.24. The Bertz CT molecular complexity index is 456. The number of hydrogen-bond acceptors (Lipinski definition) is 4. The molecule has 6 heteroatoms. The van der Waals surface area contributed by atoms with Crippen LogP contribution in [-0.4, -0.2) is 25.5 Å². The topological polar surface area (TPSA) is 72.2 Å². The van der Waals surface area contributed by atoms with Crippen LogP contribution in [-0.2, 0) is 4.79 Å². The van der Waals surface area contributed by atoms with Crippen LogP contribution >= 0.6 is 0 Å². The number of carbonyl (C=O) groups is 1. The molecule has 0 aliphatic carbocycles. The zero-order chi connectivity index (χ0) is 9.97. The lowest BCUT2D eigenvalue weighted by Crippen LogP contribution is -2.08. The van der Waals surface area contributed by atoms with Gasteiger partial charge < -0.3 is 0 Å². The molecule has 1 amide bonds. The minimum atomic E-state index is -0.339. The summed E-state index contributed by atoms with van der Waals surface area (Å²) in [5.74, 6) is -0.100. The lowest BCUT2D eigenvalue weighted by molar-refractivity contribution is -0.111. The first-order valence-corrected chi connectivity index (χ1v) is 3.89. The molecule has 1 N–H and O–H groups in total. The maximum Gasteiger partial charge on any atom is 0.250 e. The van der Waals surface area contributed by atoms with Gasteiger partial charge >= 0.3 is 0 Å². The van der Waals surface area contributed by atoms with E-state index in [2.05, 4.69) is 27.0 Å². The van der Waals surface area contributed by atoms with Crippen LogP contribution in [0.1, 0.15) is 0 Å². The van der Waals surface area contributed by atoms with Gasteiger partial charge in [0, 0.05) is 12.4 Å². The first-order chi connectivity index (χ1) is 6.79. The van der Waals surface area contributed by atoms with Gasteiger partial charge in [0.1, 0.15) is 0 Å². The minimum Gasteiger partial charge on any atom is -0.290 e. The number of fused-ring (bicyclic) bond motifs is 1. The Morgan fingerprint density at radius 3 is 3.21 bits per heavy atom. The number of nitrogens with zero attached hydrogens (tertiary/aromatic N) is 4. The van der Waals surface area contributed by atoms with E-state index < -0.39 is 0 Å². The third-order valence-corrected chi connectivity index (χ3v) is 1.56. The molecule has 0 spiro atoms. The van der Waals surface area contributed by atoms with Gasteiger partial charge in [0.15, 0.2) is 5.65 Å². The molecule has 2 aromatic heterocycles. The van der Waals surface area contributed by atoms with Gasteiger partial charge in [-0.15, -0.1) is 5.10 Å². The summed E-state index contributed by atoms with van der Waals surface area (Å²) in [6, 6.07) is 0. The number of nitrogens with one attached hydrogen (secondary N) is 1. The van der Waals surface area contributed by atoms with Crippen molar-refractivity contribution in [1.29, 1.82) is 0 Å². The van der Waals surface area contributed by atoms with Gasteiger partial charge in [-0.05, 0) is 6.08 Å². The maximum atomic E-state index is 10.9. The van der Waals surface area contributed by atoms with Crippen molar-refractivity contribution in [2.75, 3.05) is 5.32 Å². The van der Waals surface area contributed by atoms with Gasteiger partial charge in [-0.25, -0.2) is 4.52 Å². The van der Waals surface area contributed by atoms with Crippen molar-refractivity contribution < 1.29 is 4.79 Å². The third-order valence-electron chi connectivity index (χ3n) is 1.56. The molecule has 14 heavy (non-hydrogen) atoms. The van der Waals surface area contributed by atoms with Crippen molar-refractivity contribution in [3.63, 3.8) is 0 Å². The van der Waals surface area contributed by atoms with Crippen LogP contribution in [0.3, 0.4) is 0 Å². The van der Waals surface area contributed by atoms with E-state index in [9.17, 15) is 4.79 Å². The van der Waals surface area contributed by atoms with Crippen LogP contribution in [0.2, 0.25) is 0 Å². The molecular formula is C8H7N5O. The van der Waals surface area contributed by atoms with Gasteiger partial charge in [0.05, 0.1) is 6.20 Å². The van der Waals surface area contributed by atoms with Gasteiger partial charge in [-0.3, -0.25) is 15.1 Å². The fraction of sp³-hybridized carbons (Fsp3) is 0. The van der Waals surface area contributed by atoms with Crippen molar-refractivity contribution in [3.8, 4) is 0 Å². The summed E-state index contributed by atoms with van der Waals surface area (Å²) in [6.07, 6.45) is 5.94. The van der Waals surface area contributed by atoms with Gasteiger partial charge in [0.25, 0.3) is 0 Å². The number of hydrogen-bond donors (Lipinski definition) is 1. The Morgan fingerprint density at radius 1 is 1.64 bits per heavy atom. The summed E-state index contributed by atoms with van der Waals surface area (Å²) in [5, 5.41) is 6.44. The summed E-state index contributed by atoms with van der Waals surface area (Å²) in [7, 11) is 0. The first kappa shape index (κ1) is 8.36. The van der Waals surface area contributed by atoms with E-state index in [1.807, 2.05) is 0 Å². The van der Waals surface area contributed by atoms with Crippen LogP contribution in [0, 0.1) is 0 Å². The average molecular weight is 189 g/mol. The fourth-order valence-corrected chi connectivity index (χ4v) is 0.959. The van der Waals surface area contributed by atoms with Gasteiger partial charge in [-0.2, -0.15) is 4.98 Å². The number of amides is 1. The minimum absolute atomic E-state index is 0.239. The highest BCUT2D eigenvalue weighted by atomic mass is 16.1. The predicted octanol–water partition coefficient (Wildman–Crippen LogP) is 0.249. The maximum absolute atomic E-state index is 10.9. The lowest BCUT2D eigenvalue weighted by atomic mass is 10.6. The summed E-state index contributed by atoms with van der Waals surface area (Å²) in [6.45, 7) is 3.32. The quantitative estimate of drug-likeness (QED) is 0.687. The molecule has 0 atom stereocenters. The van der Waals surface area contributed by atoms with E-state index >= 15 is 0 Å². The van der Waals surface area contributed by atoms with Crippen molar-refractivity contribution in [2.24, 2.45) is 0 Å². The second-order valence-corrected chi connectivity index (χ2v) is 2.51. The Balaban J connectivity index is 2.35. The highest BCUT2D eigenvalue weighted by Crippen LogP contribution is 2.02. The molecule has 70 valence electrons. The van der Waals surface area contributed by atoms with Crippen molar-refractivity contribution in [3.05, 3.63) is 31.2 Å². The number of anilines is 1. The molecule has 0 saturated heterocycles. The van der Waals surface area contributed by atoms with E-state index in [4.69, 9.17) is 0 Å². The molecular weight excluding hydrogens is 182 g/mol. The monoisotopic (exact) mass is 189 g/mol. The molecule has 0 saturated carbocycles. The van der Waals surface area contributed by atoms with E-state index in [1.54, 1.807) is 18.6 Å². The first-order valence-electron chi connectivity index (χ1n) is 3.89. The van der Waals surface area contributed by atoms with Crippen LogP contribution < -0.4 is 5.32 Å². The number of aromatic nitrogens is 4. The molecule has 2 aromatic rings. The van der Waals surface area contributed by atoms with Crippen LogP contribution in [0.15, 0.2) is 31.2 Å². The molecule has 6 nitrogen and oxygen atoms in total. The van der Waals surface area contributed by atoms with Crippen LogP contribution in [0.25, 0.3) is 5.65 Å². The highest BCUT2D eigenvalue weighted by Gasteiger charge is 2.04. The standard InChI is InChI=1S/C8H7N5O/c1-2-7(14)11-8-10-6-5-9-3-4-13(6)12-8/h2-5H,1H2,(H,11,12,14). The predicted molar refractivity (Wildman–Crippen MR) is 49.6 cm³/mol. The number of carbonyl (C=O) groups excluding carboxylic acids is 1. The summed E-state index contributed by atoms with van der Waals surface area (Å²) >= 11 is 0. The van der Waals surface area contributed by atoms with Crippen LogP contribution in [0.5, 0.6) is 0 Å². The summed E-state index contributed by atoms with van der Waals surface area (Å²) in [5.41, 5.74) is 0.576. The SMILES string of the molecule is C=CC(=O)Nc1nc2cnccn2n1. The second kappa shape index (κ2) is 3.25. The van der Waals surface area contributed by atoms with Crippen LogP contribution in [0.4, 0.5) is 5.95 Å². The summed E-state index contributed by atoms with van der Waals surface area (Å²) < 4.78 is 1.52.